The minimum absolute atomic E-state index is 0.187. The summed E-state index contributed by atoms with van der Waals surface area (Å²) in [4.78, 5) is 0. The Bertz CT molecular complexity index is 327. The molecule has 2 N–H and O–H groups in total. The van der Waals surface area contributed by atoms with E-state index in [1.54, 1.807) is 13.2 Å². The Morgan fingerprint density at radius 2 is 2.25 bits per heavy atom. The normalized spacial score (nSPS) is 12.2. The Hall–Kier alpha value is -0.930. The molecule has 0 saturated carbocycles. The third kappa shape index (κ3) is 3.58. The molecule has 0 aliphatic heterocycles. The average molecular weight is 244 g/mol. The molecule has 90 valence electrons. The Kier molecular flexibility index (Phi) is 5.43. The topological polar surface area (TPSA) is 41.5 Å². The summed E-state index contributed by atoms with van der Waals surface area (Å²) in [5.74, 6) is 1.01. The fraction of sp³-hybridized carbons (Fsp3) is 0.500. The van der Waals surface area contributed by atoms with Crippen LogP contribution in [0.25, 0.3) is 0 Å². The Balaban J connectivity index is 2.68. The van der Waals surface area contributed by atoms with Gasteiger partial charge in [-0.1, -0.05) is 18.5 Å². The first kappa shape index (κ1) is 13.1. The van der Waals surface area contributed by atoms with Crippen LogP contribution in [-0.2, 0) is 0 Å². The van der Waals surface area contributed by atoms with Crippen molar-refractivity contribution in [3.63, 3.8) is 0 Å². The molecular formula is C12H18ClNO2. The highest BCUT2D eigenvalue weighted by molar-refractivity contribution is 6.30. The molecule has 0 aromatic heterocycles. The van der Waals surface area contributed by atoms with Crippen molar-refractivity contribution in [3.05, 3.63) is 23.2 Å². The predicted octanol–water partition coefficient (Wildman–Crippen LogP) is 2.78. The van der Waals surface area contributed by atoms with Gasteiger partial charge in [0.05, 0.1) is 12.8 Å². The molecule has 0 fully saturated rings. The smallest absolute Gasteiger partial charge is 0.142 e. The van der Waals surface area contributed by atoms with E-state index in [-0.39, 0.29) is 12.5 Å². The van der Waals surface area contributed by atoms with Crippen molar-refractivity contribution < 1.29 is 9.84 Å². The molecule has 0 amide bonds. The molecule has 0 aliphatic rings. The van der Waals surface area contributed by atoms with Crippen LogP contribution in [0.5, 0.6) is 5.75 Å². The van der Waals surface area contributed by atoms with Crippen molar-refractivity contribution in [1.29, 1.82) is 0 Å². The summed E-state index contributed by atoms with van der Waals surface area (Å²) in [6.07, 6.45) is 0.937. The van der Waals surface area contributed by atoms with Gasteiger partial charge in [-0.25, -0.2) is 0 Å². The molecule has 1 unspecified atom stereocenters. The lowest BCUT2D eigenvalue weighted by Gasteiger charge is -2.16. The Morgan fingerprint density at radius 1 is 1.50 bits per heavy atom. The maximum Gasteiger partial charge on any atom is 0.142 e. The summed E-state index contributed by atoms with van der Waals surface area (Å²) < 4.78 is 5.22. The van der Waals surface area contributed by atoms with Crippen LogP contribution in [0.4, 0.5) is 5.69 Å². The van der Waals surface area contributed by atoms with Gasteiger partial charge >= 0.3 is 0 Å². The number of nitrogens with one attached hydrogen (secondary N) is 1. The molecule has 0 radical (unpaired) electrons. The van der Waals surface area contributed by atoms with Crippen molar-refractivity contribution in [2.75, 3.05) is 25.6 Å². The van der Waals surface area contributed by atoms with Gasteiger partial charge in [-0.05, 0) is 30.5 Å². The molecule has 1 rings (SSSR count). The summed E-state index contributed by atoms with van der Waals surface area (Å²) in [7, 11) is 1.62. The fourth-order valence-electron chi connectivity index (χ4n) is 1.41. The zero-order valence-electron chi connectivity index (χ0n) is 9.66. The van der Waals surface area contributed by atoms with Gasteiger partial charge in [-0.3, -0.25) is 0 Å². The second-order valence-corrected chi connectivity index (χ2v) is 4.12. The van der Waals surface area contributed by atoms with Gasteiger partial charge in [0.2, 0.25) is 0 Å². The number of ether oxygens (including phenoxy) is 1. The molecule has 16 heavy (non-hydrogen) atoms. The lowest BCUT2D eigenvalue weighted by atomic mass is 10.1. The predicted molar refractivity (Wildman–Crippen MR) is 67.4 cm³/mol. The minimum Gasteiger partial charge on any atom is -0.495 e. The third-order valence-corrected chi connectivity index (χ3v) is 2.81. The molecule has 4 heteroatoms. The van der Waals surface area contributed by atoms with E-state index in [2.05, 4.69) is 12.2 Å². The number of hydrogen-bond acceptors (Lipinski definition) is 3. The van der Waals surface area contributed by atoms with Crippen LogP contribution in [0.1, 0.15) is 13.3 Å². The van der Waals surface area contributed by atoms with Crippen LogP contribution >= 0.6 is 11.6 Å². The first-order valence-electron chi connectivity index (χ1n) is 5.39. The second-order valence-electron chi connectivity index (χ2n) is 3.68. The molecule has 0 bridgehead atoms. The minimum atomic E-state index is 0.187. The molecule has 1 atom stereocenters. The van der Waals surface area contributed by atoms with Gasteiger partial charge in [0.1, 0.15) is 5.75 Å². The summed E-state index contributed by atoms with van der Waals surface area (Å²) in [5.41, 5.74) is 0.863. The molecule has 1 aromatic carbocycles. The summed E-state index contributed by atoms with van der Waals surface area (Å²) in [6, 6.07) is 5.43. The van der Waals surface area contributed by atoms with E-state index in [9.17, 15) is 0 Å². The molecule has 3 nitrogen and oxygen atoms in total. The summed E-state index contributed by atoms with van der Waals surface area (Å²) in [5, 5.41) is 13.0. The fourth-order valence-corrected chi connectivity index (χ4v) is 1.58. The quantitative estimate of drug-likeness (QED) is 0.807. The molecule has 0 aliphatic carbocycles. The van der Waals surface area contributed by atoms with Gasteiger partial charge in [0, 0.05) is 18.2 Å². The van der Waals surface area contributed by atoms with Gasteiger partial charge in [0.25, 0.3) is 0 Å². The Morgan fingerprint density at radius 3 is 2.81 bits per heavy atom. The maximum atomic E-state index is 9.09. The van der Waals surface area contributed by atoms with E-state index in [0.717, 1.165) is 17.9 Å². The number of benzene rings is 1. The van der Waals surface area contributed by atoms with E-state index in [0.29, 0.717) is 11.6 Å². The SMILES string of the molecule is CCC(CO)CNc1cc(Cl)ccc1OC. The maximum absolute atomic E-state index is 9.09. The first-order valence-corrected chi connectivity index (χ1v) is 5.77. The van der Waals surface area contributed by atoms with Gasteiger partial charge < -0.3 is 15.2 Å². The third-order valence-electron chi connectivity index (χ3n) is 2.58. The van der Waals surface area contributed by atoms with Crippen molar-refractivity contribution in [2.45, 2.75) is 13.3 Å². The highest BCUT2D eigenvalue weighted by Gasteiger charge is 2.07. The number of aliphatic hydroxyl groups is 1. The zero-order valence-corrected chi connectivity index (χ0v) is 10.4. The monoisotopic (exact) mass is 243 g/mol. The average Bonchev–Trinajstić information content (AvgIpc) is 2.30. The van der Waals surface area contributed by atoms with E-state index in [4.69, 9.17) is 21.4 Å². The van der Waals surface area contributed by atoms with Crippen molar-refractivity contribution >= 4 is 17.3 Å². The van der Waals surface area contributed by atoms with E-state index < -0.39 is 0 Å². The summed E-state index contributed by atoms with van der Waals surface area (Å²) >= 11 is 5.91. The van der Waals surface area contributed by atoms with Crippen LogP contribution in [0.3, 0.4) is 0 Å². The van der Waals surface area contributed by atoms with Gasteiger partial charge in [-0.15, -0.1) is 0 Å². The largest absolute Gasteiger partial charge is 0.495 e. The highest BCUT2D eigenvalue weighted by atomic mass is 35.5. The van der Waals surface area contributed by atoms with Gasteiger partial charge in [0.15, 0.2) is 0 Å². The number of hydrogen-bond donors (Lipinski definition) is 2. The second kappa shape index (κ2) is 6.61. The molecule has 0 saturated heterocycles. The van der Waals surface area contributed by atoms with Crippen LogP contribution in [0.15, 0.2) is 18.2 Å². The zero-order chi connectivity index (χ0) is 12.0. The molecule has 1 aromatic rings. The summed E-state index contributed by atoms with van der Waals surface area (Å²) in [6.45, 7) is 2.95. The Labute approximate surface area is 101 Å². The van der Waals surface area contributed by atoms with Crippen LogP contribution in [0.2, 0.25) is 5.02 Å². The number of anilines is 1. The highest BCUT2D eigenvalue weighted by Crippen LogP contribution is 2.27. The number of rotatable bonds is 6. The van der Waals surface area contributed by atoms with Crippen molar-refractivity contribution in [1.82, 2.24) is 0 Å². The molecule has 0 heterocycles. The van der Waals surface area contributed by atoms with Crippen LogP contribution in [-0.4, -0.2) is 25.4 Å². The number of aliphatic hydroxyl groups excluding tert-OH is 1. The van der Waals surface area contributed by atoms with E-state index in [1.807, 2.05) is 12.1 Å². The van der Waals surface area contributed by atoms with Crippen LogP contribution < -0.4 is 10.1 Å². The molecule has 0 spiro atoms. The van der Waals surface area contributed by atoms with E-state index >= 15 is 0 Å². The molecular weight excluding hydrogens is 226 g/mol. The van der Waals surface area contributed by atoms with Gasteiger partial charge in [-0.2, -0.15) is 0 Å². The lowest BCUT2D eigenvalue weighted by molar-refractivity contribution is 0.230. The number of halogens is 1. The van der Waals surface area contributed by atoms with E-state index in [1.165, 1.54) is 0 Å². The first-order chi connectivity index (χ1) is 7.71. The standard InChI is InChI=1S/C12H18ClNO2/c1-3-9(8-15)7-14-11-6-10(13)4-5-12(11)16-2/h4-6,9,14-15H,3,7-8H2,1-2H3. The van der Waals surface area contributed by atoms with Crippen molar-refractivity contribution in [3.8, 4) is 5.75 Å². The van der Waals surface area contributed by atoms with Crippen molar-refractivity contribution in [2.24, 2.45) is 5.92 Å². The number of methoxy groups -OCH3 is 1. The lowest BCUT2D eigenvalue weighted by Crippen LogP contribution is -2.17. The van der Waals surface area contributed by atoms with Crippen LogP contribution in [0, 0.1) is 5.92 Å².